The van der Waals surface area contributed by atoms with Crippen LogP contribution in [-0.2, 0) is 4.74 Å². The number of pyridine rings is 1. The van der Waals surface area contributed by atoms with Crippen molar-refractivity contribution in [1.29, 1.82) is 0 Å². The van der Waals surface area contributed by atoms with Gasteiger partial charge in [0.2, 0.25) is 5.88 Å². The summed E-state index contributed by atoms with van der Waals surface area (Å²) >= 11 is 3.35. The SMILES string of the molecule is O=C(Nc1ccc(OCCN2CCOCC2)nc1)c1ccc(Br)cc1. The maximum Gasteiger partial charge on any atom is 0.255 e. The van der Waals surface area contributed by atoms with Gasteiger partial charge in [-0.3, -0.25) is 9.69 Å². The van der Waals surface area contributed by atoms with Crippen molar-refractivity contribution >= 4 is 27.5 Å². The summed E-state index contributed by atoms with van der Waals surface area (Å²) in [5.74, 6) is 0.380. The second-order valence-electron chi connectivity index (χ2n) is 5.65. The van der Waals surface area contributed by atoms with Crippen LogP contribution in [0.2, 0.25) is 0 Å². The maximum atomic E-state index is 12.2. The lowest BCUT2D eigenvalue weighted by atomic mass is 10.2. The predicted octanol–water partition coefficient (Wildman–Crippen LogP) is 2.81. The summed E-state index contributed by atoms with van der Waals surface area (Å²) in [6.45, 7) is 4.89. The van der Waals surface area contributed by atoms with Gasteiger partial charge in [-0.25, -0.2) is 4.98 Å². The van der Waals surface area contributed by atoms with Gasteiger partial charge in [-0.05, 0) is 30.3 Å². The highest BCUT2D eigenvalue weighted by atomic mass is 79.9. The zero-order valence-corrected chi connectivity index (χ0v) is 15.4. The van der Waals surface area contributed by atoms with Gasteiger partial charge >= 0.3 is 0 Å². The highest BCUT2D eigenvalue weighted by molar-refractivity contribution is 9.10. The molecule has 2 aromatic rings. The summed E-state index contributed by atoms with van der Waals surface area (Å²) in [5.41, 5.74) is 1.22. The number of nitrogens with one attached hydrogen (secondary N) is 1. The van der Waals surface area contributed by atoms with Gasteiger partial charge in [0.05, 0.1) is 25.1 Å². The number of carbonyl (C=O) groups excluding carboxylic acids is 1. The molecule has 1 amide bonds. The van der Waals surface area contributed by atoms with Gasteiger partial charge in [-0.1, -0.05) is 15.9 Å². The molecule has 2 heterocycles. The first-order valence-electron chi connectivity index (χ1n) is 8.16. The summed E-state index contributed by atoms with van der Waals surface area (Å²) in [6.07, 6.45) is 1.60. The number of anilines is 1. The van der Waals surface area contributed by atoms with Gasteiger partial charge in [0.25, 0.3) is 5.91 Å². The molecule has 1 aromatic heterocycles. The highest BCUT2D eigenvalue weighted by Crippen LogP contribution is 2.15. The average Bonchev–Trinajstić information content (AvgIpc) is 2.64. The third-order valence-corrected chi connectivity index (χ3v) is 4.39. The molecule has 25 heavy (non-hydrogen) atoms. The number of hydrogen-bond donors (Lipinski definition) is 1. The van der Waals surface area contributed by atoms with E-state index in [9.17, 15) is 4.79 Å². The van der Waals surface area contributed by atoms with Crippen LogP contribution in [0, 0.1) is 0 Å². The Hall–Kier alpha value is -1.96. The Bertz CT molecular complexity index is 686. The molecule has 0 atom stereocenters. The highest BCUT2D eigenvalue weighted by Gasteiger charge is 2.10. The quantitative estimate of drug-likeness (QED) is 0.800. The Balaban J connectivity index is 1.46. The second kappa shape index (κ2) is 8.94. The van der Waals surface area contributed by atoms with E-state index in [1.807, 2.05) is 12.1 Å². The first kappa shape index (κ1) is 17.8. The summed E-state index contributed by atoms with van der Waals surface area (Å²) in [5, 5.41) is 2.82. The lowest BCUT2D eigenvalue weighted by Gasteiger charge is -2.26. The van der Waals surface area contributed by atoms with E-state index in [2.05, 4.69) is 31.1 Å². The first-order chi connectivity index (χ1) is 12.2. The summed E-state index contributed by atoms with van der Waals surface area (Å²) < 4.78 is 11.9. The number of hydrogen-bond acceptors (Lipinski definition) is 5. The second-order valence-corrected chi connectivity index (χ2v) is 6.56. The molecule has 0 spiro atoms. The predicted molar refractivity (Wildman–Crippen MR) is 99.1 cm³/mol. The van der Waals surface area contributed by atoms with Crippen LogP contribution in [-0.4, -0.2) is 55.2 Å². The molecular formula is C18H20BrN3O3. The van der Waals surface area contributed by atoms with E-state index < -0.39 is 0 Å². The standard InChI is InChI=1S/C18H20BrN3O3/c19-15-3-1-14(2-4-15)18(23)21-16-5-6-17(20-13-16)25-12-9-22-7-10-24-11-8-22/h1-6,13H,7-12H2,(H,21,23). The van der Waals surface area contributed by atoms with Gasteiger partial charge in [-0.15, -0.1) is 0 Å². The van der Waals surface area contributed by atoms with E-state index in [0.29, 0.717) is 23.7 Å². The molecule has 132 valence electrons. The Morgan fingerprint density at radius 1 is 1.20 bits per heavy atom. The smallest absolute Gasteiger partial charge is 0.255 e. The number of carbonyl (C=O) groups is 1. The van der Waals surface area contributed by atoms with Crippen molar-refractivity contribution in [1.82, 2.24) is 9.88 Å². The normalized spacial score (nSPS) is 14.9. The van der Waals surface area contributed by atoms with Crippen LogP contribution in [0.25, 0.3) is 0 Å². The van der Waals surface area contributed by atoms with Crippen LogP contribution in [0.3, 0.4) is 0 Å². The van der Waals surface area contributed by atoms with E-state index in [1.165, 1.54) is 0 Å². The number of morpholine rings is 1. The van der Waals surface area contributed by atoms with Crippen LogP contribution in [0.1, 0.15) is 10.4 Å². The van der Waals surface area contributed by atoms with E-state index in [1.54, 1.807) is 30.5 Å². The van der Waals surface area contributed by atoms with Crippen LogP contribution >= 0.6 is 15.9 Å². The number of amides is 1. The van der Waals surface area contributed by atoms with Crippen LogP contribution in [0.15, 0.2) is 47.1 Å². The third kappa shape index (κ3) is 5.52. The number of rotatable bonds is 6. The molecule has 3 rings (SSSR count). The molecule has 1 aliphatic heterocycles. The molecule has 1 aliphatic rings. The largest absolute Gasteiger partial charge is 0.476 e. The zero-order valence-electron chi connectivity index (χ0n) is 13.8. The maximum absolute atomic E-state index is 12.2. The number of halogens is 1. The summed E-state index contributed by atoms with van der Waals surface area (Å²) in [6, 6.07) is 10.7. The van der Waals surface area contributed by atoms with Crippen molar-refractivity contribution in [3.8, 4) is 5.88 Å². The molecule has 0 unspecified atom stereocenters. The van der Waals surface area contributed by atoms with Crippen LogP contribution in [0.5, 0.6) is 5.88 Å². The molecule has 0 bridgehead atoms. The topological polar surface area (TPSA) is 63.7 Å². The molecule has 1 fully saturated rings. The van der Waals surface area contributed by atoms with Gasteiger partial charge in [0.1, 0.15) is 6.61 Å². The van der Waals surface area contributed by atoms with Crippen LogP contribution < -0.4 is 10.1 Å². The Morgan fingerprint density at radius 3 is 2.64 bits per heavy atom. The third-order valence-electron chi connectivity index (χ3n) is 3.86. The first-order valence-corrected chi connectivity index (χ1v) is 8.96. The van der Waals surface area contributed by atoms with Crippen molar-refractivity contribution in [2.75, 3.05) is 44.8 Å². The van der Waals surface area contributed by atoms with Crippen molar-refractivity contribution in [2.24, 2.45) is 0 Å². The lowest BCUT2D eigenvalue weighted by Crippen LogP contribution is -2.38. The number of aromatic nitrogens is 1. The Morgan fingerprint density at radius 2 is 1.96 bits per heavy atom. The molecule has 1 saturated heterocycles. The van der Waals surface area contributed by atoms with E-state index >= 15 is 0 Å². The summed E-state index contributed by atoms with van der Waals surface area (Å²) in [4.78, 5) is 18.7. The van der Waals surface area contributed by atoms with Gasteiger partial charge in [-0.2, -0.15) is 0 Å². The molecule has 0 aliphatic carbocycles. The lowest BCUT2D eigenvalue weighted by molar-refractivity contribution is 0.0320. The molecule has 1 aromatic carbocycles. The minimum Gasteiger partial charge on any atom is -0.476 e. The number of ether oxygens (including phenoxy) is 2. The molecule has 0 radical (unpaired) electrons. The average molecular weight is 406 g/mol. The number of nitrogens with zero attached hydrogens (tertiary/aromatic N) is 2. The molecular weight excluding hydrogens is 386 g/mol. The van der Waals surface area contributed by atoms with Crippen LogP contribution in [0.4, 0.5) is 5.69 Å². The van der Waals surface area contributed by atoms with E-state index in [4.69, 9.17) is 9.47 Å². The van der Waals surface area contributed by atoms with Gasteiger partial charge in [0, 0.05) is 35.7 Å². The van der Waals surface area contributed by atoms with E-state index in [-0.39, 0.29) is 5.91 Å². The fraction of sp³-hybridized carbons (Fsp3) is 0.333. The molecule has 0 saturated carbocycles. The molecule has 7 heteroatoms. The monoisotopic (exact) mass is 405 g/mol. The fourth-order valence-electron chi connectivity index (χ4n) is 2.45. The minimum absolute atomic E-state index is 0.171. The Labute approximate surface area is 155 Å². The minimum atomic E-state index is -0.171. The van der Waals surface area contributed by atoms with Crippen molar-refractivity contribution in [3.05, 3.63) is 52.6 Å². The van der Waals surface area contributed by atoms with Crippen molar-refractivity contribution in [2.45, 2.75) is 0 Å². The van der Waals surface area contributed by atoms with Gasteiger partial charge < -0.3 is 14.8 Å². The Kier molecular flexibility index (Phi) is 6.38. The van der Waals surface area contributed by atoms with E-state index in [0.717, 1.165) is 37.3 Å². The molecule has 6 nitrogen and oxygen atoms in total. The molecule has 1 N–H and O–H groups in total. The van der Waals surface area contributed by atoms with Crippen molar-refractivity contribution < 1.29 is 14.3 Å². The van der Waals surface area contributed by atoms with Crippen molar-refractivity contribution in [3.63, 3.8) is 0 Å². The zero-order chi connectivity index (χ0) is 17.5. The summed E-state index contributed by atoms with van der Waals surface area (Å²) in [7, 11) is 0. The fourth-order valence-corrected chi connectivity index (χ4v) is 2.71. The van der Waals surface area contributed by atoms with Gasteiger partial charge in [0.15, 0.2) is 0 Å². The number of benzene rings is 1.